The van der Waals surface area contributed by atoms with Crippen LogP contribution in [0.5, 0.6) is 0 Å². The summed E-state index contributed by atoms with van der Waals surface area (Å²) in [5, 5.41) is 14.1. The number of hydrogen-bond donors (Lipinski definition) is 5. The Hall–Kier alpha value is -0.850. The van der Waals surface area contributed by atoms with E-state index in [0.29, 0.717) is 13.0 Å². The van der Waals surface area contributed by atoms with Gasteiger partial charge in [0.25, 0.3) is 0 Å². The van der Waals surface area contributed by atoms with E-state index in [1.54, 1.807) is 7.05 Å². The summed E-state index contributed by atoms with van der Waals surface area (Å²) in [6.45, 7) is 0.532. The van der Waals surface area contributed by atoms with Gasteiger partial charge in [0.15, 0.2) is 6.29 Å². The number of aliphatic hydroxyl groups is 1. The van der Waals surface area contributed by atoms with Crippen LogP contribution in [0.4, 0.5) is 0 Å². The minimum Gasteiger partial charge on any atom is -0.388 e. The molecule has 0 radical (unpaired) electrons. The van der Waals surface area contributed by atoms with Crippen molar-refractivity contribution >= 4 is 5.91 Å². The number of nitrogens with two attached hydrogens (primary N) is 3. The van der Waals surface area contributed by atoms with Gasteiger partial charge in [0.1, 0.15) is 12.2 Å². The smallest absolute Gasteiger partial charge is 0.236 e. The van der Waals surface area contributed by atoms with Crippen molar-refractivity contribution in [3.8, 4) is 0 Å². The molecule has 1 aliphatic carbocycles. The van der Waals surface area contributed by atoms with Crippen LogP contribution in [-0.4, -0.2) is 99.0 Å². The fraction of sp³-hybridized carbons (Fsp3) is 0.941. The predicted octanol–water partition coefficient (Wildman–Crippen LogP) is -2.68. The first-order valence-electron chi connectivity index (χ1n) is 9.47. The largest absolute Gasteiger partial charge is 0.388 e. The zero-order valence-electron chi connectivity index (χ0n) is 16.4. The number of carbonyl (C=O) groups is 1. The van der Waals surface area contributed by atoms with Gasteiger partial charge in [-0.2, -0.15) is 0 Å². The Morgan fingerprint density at radius 2 is 2.04 bits per heavy atom. The maximum atomic E-state index is 12.1. The third kappa shape index (κ3) is 5.15. The molecule has 2 fully saturated rings. The number of likely N-dealkylation sites (N-methyl/N-ethyl adjacent to an activating group) is 2. The lowest BCUT2D eigenvalue weighted by atomic mass is 9.83. The third-order valence-corrected chi connectivity index (χ3v) is 5.53. The lowest BCUT2D eigenvalue weighted by Gasteiger charge is -2.48. The molecule has 10 nitrogen and oxygen atoms in total. The van der Waals surface area contributed by atoms with E-state index in [4.69, 9.17) is 31.4 Å². The van der Waals surface area contributed by atoms with Gasteiger partial charge in [0.05, 0.1) is 30.8 Å². The highest BCUT2D eigenvalue weighted by Crippen LogP contribution is 2.30. The number of rotatable bonds is 7. The molecular formula is C17H35N5O5. The molecule has 1 saturated carbocycles. The molecule has 2 rings (SSSR count). The van der Waals surface area contributed by atoms with Crippen LogP contribution in [0.3, 0.4) is 0 Å². The molecule has 0 aromatic carbocycles. The fourth-order valence-electron chi connectivity index (χ4n) is 3.95. The molecule has 1 amide bonds. The Morgan fingerprint density at radius 1 is 1.33 bits per heavy atom. The summed E-state index contributed by atoms with van der Waals surface area (Å²) in [6.07, 6.45) is -0.883. The molecule has 10 heteroatoms. The van der Waals surface area contributed by atoms with Gasteiger partial charge in [-0.15, -0.1) is 0 Å². The summed E-state index contributed by atoms with van der Waals surface area (Å²) < 4.78 is 17.5. The molecule has 0 aromatic heterocycles. The molecule has 0 bridgehead atoms. The van der Waals surface area contributed by atoms with Crippen molar-refractivity contribution in [3.63, 3.8) is 0 Å². The number of ether oxygens (including phenoxy) is 3. The van der Waals surface area contributed by atoms with E-state index < -0.39 is 36.7 Å². The van der Waals surface area contributed by atoms with Crippen LogP contribution in [-0.2, 0) is 19.0 Å². The molecule has 27 heavy (non-hydrogen) atoms. The zero-order valence-corrected chi connectivity index (χ0v) is 16.4. The average molecular weight is 389 g/mol. The number of amides is 1. The van der Waals surface area contributed by atoms with Crippen LogP contribution in [0.25, 0.3) is 0 Å². The highest BCUT2D eigenvalue weighted by atomic mass is 16.7. The molecule has 8 N–H and O–H groups in total. The summed E-state index contributed by atoms with van der Waals surface area (Å²) in [5.41, 5.74) is 17.9. The molecule has 0 spiro atoms. The number of nitrogens with one attached hydrogen (secondary N) is 1. The maximum absolute atomic E-state index is 12.1. The summed E-state index contributed by atoms with van der Waals surface area (Å²) >= 11 is 0. The number of carbonyl (C=O) groups excluding carboxylic acids is 1. The van der Waals surface area contributed by atoms with Crippen molar-refractivity contribution in [2.75, 3.05) is 34.3 Å². The maximum Gasteiger partial charge on any atom is 0.236 e. The number of aliphatic hydroxyl groups excluding tert-OH is 1. The Balaban J connectivity index is 2.13. The topological polar surface area (TPSA) is 158 Å². The molecule has 8 atom stereocenters. The van der Waals surface area contributed by atoms with Gasteiger partial charge in [0.2, 0.25) is 5.91 Å². The highest BCUT2D eigenvalue weighted by Gasteiger charge is 2.48. The minimum absolute atomic E-state index is 0.0132. The predicted molar refractivity (Wildman–Crippen MR) is 99.7 cm³/mol. The first-order valence-corrected chi connectivity index (χ1v) is 9.47. The minimum atomic E-state index is -1.06. The van der Waals surface area contributed by atoms with Gasteiger partial charge in [-0.3, -0.25) is 4.79 Å². The number of methoxy groups -OCH3 is 1. The van der Waals surface area contributed by atoms with Gasteiger partial charge in [-0.1, -0.05) is 0 Å². The van der Waals surface area contributed by atoms with Crippen LogP contribution in [0.15, 0.2) is 0 Å². The van der Waals surface area contributed by atoms with Crippen LogP contribution in [0.2, 0.25) is 0 Å². The van der Waals surface area contributed by atoms with Gasteiger partial charge in [0, 0.05) is 26.7 Å². The van der Waals surface area contributed by atoms with Crippen molar-refractivity contribution in [3.05, 3.63) is 0 Å². The van der Waals surface area contributed by atoms with Crippen LogP contribution < -0.4 is 22.5 Å². The van der Waals surface area contributed by atoms with E-state index in [9.17, 15) is 9.90 Å². The molecule has 158 valence electrons. The second-order valence-corrected chi connectivity index (χ2v) is 7.39. The molecule has 0 aromatic rings. The van der Waals surface area contributed by atoms with Gasteiger partial charge >= 0.3 is 0 Å². The van der Waals surface area contributed by atoms with Crippen molar-refractivity contribution in [1.29, 1.82) is 0 Å². The van der Waals surface area contributed by atoms with Crippen molar-refractivity contribution in [2.24, 2.45) is 17.2 Å². The molecule has 1 saturated heterocycles. The zero-order chi connectivity index (χ0) is 20.1. The standard InChI is InChI=1S/C17H35N5O5/c1-21-8-9-4-5-10(19)17(26-9)27-16-11(20)6-12(25-3)14(15(16)24)22(2)13(23)7-18/h9-12,14-17,21,24H,4-8,18-20H2,1-3H3/t9-,10+,11+,12+,14+,15-,16-,17+/m0/s1. The molecule has 1 heterocycles. The normalized spacial score (nSPS) is 40.0. The van der Waals surface area contributed by atoms with E-state index in [1.807, 2.05) is 7.05 Å². The van der Waals surface area contributed by atoms with Crippen molar-refractivity contribution in [2.45, 2.75) is 68.1 Å². The average Bonchev–Trinajstić information content (AvgIpc) is 2.65. The van der Waals surface area contributed by atoms with Crippen LogP contribution in [0, 0.1) is 0 Å². The summed E-state index contributed by atoms with van der Waals surface area (Å²) in [6, 6.07) is -1.41. The molecular weight excluding hydrogens is 354 g/mol. The SMILES string of the molecule is CNC[C@@H]1CC[C@@H](N)[C@@H](O[C@@H]2[C@@H](O)[C@H](N(C)C(=O)CN)[C@H](OC)C[C@H]2N)O1. The molecule has 1 aliphatic heterocycles. The lowest BCUT2D eigenvalue weighted by molar-refractivity contribution is -0.254. The third-order valence-electron chi connectivity index (χ3n) is 5.53. The summed E-state index contributed by atoms with van der Waals surface area (Å²) in [7, 11) is 4.98. The van der Waals surface area contributed by atoms with E-state index >= 15 is 0 Å². The van der Waals surface area contributed by atoms with Crippen LogP contribution >= 0.6 is 0 Å². The number of nitrogens with zero attached hydrogens (tertiary/aromatic N) is 1. The van der Waals surface area contributed by atoms with E-state index in [-0.39, 0.29) is 24.6 Å². The highest BCUT2D eigenvalue weighted by molar-refractivity contribution is 5.78. The van der Waals surface area contributed by atoms with E-state index in [2.05, 4.69) is 5.32 Å². The van der Waals surface area contributed by atoms with Gasteiger partial charge in [-0.05, 0) is 26.3 Å². The Labute approximate surface area is 160 Å². The summed E-state index contributed by atoms with van der Waals surface area (Å²) in [4.78, 5) is 13.5. The first kappa shape index (κ1) is 22.4. The molecule has 2 aliphatic rings. The Bertz CT molecular complexity index is 485. The van der Waals surface area contributed by atoms with E-state index in [1.165, 1.54) is 12.0 Å². The van der Waals surface area contributed by atoms with Gasteiger partial charge in [-0.25, -0.2) is 0 Å². The second kappa shape index (κ2) is 10.1. The Kier molecular flexibility index (Phi) is 8.38. The van der Waals surface area contributed by atoms with Crippen LogP contribution in [0.1, 0.15) is 19.3 Å². The first-order chi connectivity index (χ1) is 12.8. The fourth-order valence-corrected chi connectivity index (χ4v) is 3.95. The van der Waals surface area contributed by atoms with E-state index in [0.717, 1.165) is 12.8 Å². The second-order valence-electron chi connectivity index (χ2n) is 7.39. The number of hydrogen-bond acceptors (Lipinski definition) is 9. The quantitative estimate of drug-likeness (QED) is 0.313. The summed E-state index contributed by atoms with van der Waals surface area (Å²) in [5.74, 6) is -0.296. The lowest BCUT2D eigenvalue weighted by Crippen LogP contribution is -2.67. The van der Waals surface area contributed by atoms with Crippen molar-refractivity contribution < 1.29 is 24.1 Å². The monoisotopic (exact) mass is 389 g/mol. The Morgan fingerprint density at radius 3 is 2.63 bits per heavy atom. The van der Waals surface area contributed by atoms with Crippen molar-refractivity contribution in [1.82, 2.24) is 10.2 Å². The van der Waals surface area contributed by atoms with Gasteiger partial charge < -0.3 is 46.7 Å². The molecule has 0 unspecified atom stereocenters.